The van der Waals surface area contributed by atoms with Crippen molar-refractivity contribution in [1.29, 1.82) is 0 Å². The summed E-state index contributed by atoms with van der Waals surface area (Å²) in [5, 5.41) is 13.5. The fourth-order valence-electron chi connectivity index (χ4n) is 2.56. The Labute approximate surface area is 176 Å². The Balaban J connectivity index is 1.42. The van der Waals surface area contributed by atoms with Gasteiger partial charge in [0.2, 0.25) is 0 Å². The first-order valence-electron chi connectivity index (χ1n) is 8.86. The SMILES string of the molecule is O=C(COC(=O)/C=C/c1ccc(Cl)c([N+](=O)[O-])c1)NCC1COc2ccccc2O1. The summed E-state index contributed by atoms with van der Waals surface area (Å²) in [4.78, 5) is 33.9. The number of nitro groups is 1. The second-order valence-corrected chi connectivity index (χ2v) is 6.62. The Morgan fingerprint density at radius 2 is 2.03 bits per heavy atom. The third-order valence-corrected chi connectivity index (χ3v) is 4.34. The first-order valence-corrected chi connectivity index (χ1v) is 9.24. The van der Waals surface area contributed by atoms with Crippen molar-refractivity contribution in [3.05, 3.63) is 69.2 Å². The number of ether oxygens (including phenoxy) is 3. The van der Waals surface area contributed by atoms with Crippen LogP contribution in [0.15, 0.2) is 48.5 Å². The van der Waals surface area contributed by atoms with Gasteiger partial charge in [-0.05, 0) is 29.8 Å². The molecule has 0 spiro atoms. The maximum atomic E-state index is 11.9. The third-order valence-electron chi connectivity index (χ3n) is 4.02. The van der Waals surface area contributed by atoms with Gasteiger partial charge in [-0.3, -0.25) is 14.9 Å². The van der Waals surface area contributed by atoms with Crippen LogP contribution in [0.25, 0.3) is 6.08 Å². The van der Waals surface area contributed by atoms with Crippen molar-refractivity contribution in [3.8, 4) is 11.5 Å². The van der Waals surface area contributed by atoms with Gasteiger partial charge in [0.25, 0.3) is 11.6 Å². The lowest BCUT2D eigenvalue weighted by atomic mass is 10.2. The van der Waals surface area contributed by atoms with Gasteiger partial charge in [0.15, 0.2) is 18.1 Å². The highest BCUT2D eigenvalue weighted by atomic mass is 35.5. The van der Waals surface area contributed by atoms with Crippen LogP contribution in [0.4, 0.5) is 5.69 Å². The van der Waals surface area contributed by atoms with Crippen LogP contribution in [0, 0.1) is 10.1 Å². The highest BCUT2D eigenvalue weighted by Gasteiger charge is 2.21. The van der Waals surface area contributed by atoms with E-state index in [4.69, 9.17) is 25.8 Å². The largest absolute Gasteiger partial charge is 0.486 e. The number of hydrogen-bond donors (Lipinski definition) is 1. The summed E-state index contributed by atoms with van der Waals surface area (Å²) < 4.78 is 16.1. The molecule has 1 aliphatic heterocycles. The van der Waals surface area contributed by atoms with E-state index in [1.54, 1.807) is 12.1 Å². The van der Waals surface area contributed by atoms with Gasteiger partial charge >= 0.3 is 5.97 Å². The number of nitro benzene ring substituents is 1. The normalized spacial score (nSPS) is 14.9. The summed E-state index contributed by atoms with van der Waals surface area (Å²) in [6, 6.07) is 11.3. The van der Waals surface area contributed by atoms with E-state index in [2.05, 4.69) is 5.32 Å². The standard InChI is InChI=1S/C20H17ClN2O7/c21-15-7-5-13(9-16(15)23(26)27)6-8-20(25)29-12-19(24)22-10-14-11-28-17-3-1-2-4-18(17)30-14/h1-9,14H,10-12H2,(H,22,24)/b8-6+. The van der Waals surface area contributed by atoms with E-state index in [0.29, 0.717) is 17.1 Å². The Morgan fingerprint density at radius 1 is 1.27 bits per heavy atom. The molecule has 2 aromatic carbocycles. The Bertz CT molecular complexity index is 993. The predicted molar refractivity (Wildman–Crippen MR) is 107 cm³/mol. The van der Waals surface area contributed by atoms with Crippen LogP contribution in [0.2, 0.25) is 5.02 Å². The number of carbonyl (C=O) groups is 2. The number of carbonyl (C=O) groups excluding carboxylic acids is 2. The monoisotopic (exact) mass is 432 g/mol. The predicted octanol–water partition coefficient (Wildman–Crippen LogP) is 2.76. The number of halogens is 1. The van der Waals surface area contributed by atoms with Crippen LogP contribution in [0.5, 0.6) is 11.5 Å². The van der Waals surface area contributed by atoms with Crippen molar-refractivity contribution in [2.45, 2.75) is 6.10 Å². The number of esters is 1. The maximum absolute atomic E-state index is 11.9. The topological polar surface area (TPSA) is 117 Å². The van der Waals surface area contributed by atoms with Crippen molar-refractivity contribution in [2.75, 3.05) is 19.8 Å². The minimum atomic E-state index is -0.770. The summed E-state index contributed by atoms with van der Waals surface area (Å²) in [6.07, 6.45) is 2.03. The fourth-order valence-corrected chi connectivity index (χ4v) is 2.75. The molecule has 1 unspecified atom stereocenters. The maximum Gasteiger partial charge on any atom is 0.331 e. The Kier molecular flexibility index (Phi) is 6.87. The molecule has 2 aromatic rings. The molecule has 0 radical (unpaired) electrons. The molecular weight excluding hydrogens is 416 g/mol. The van der Waals surface area contributed by atoms with E-state index in [9.17, 15) is 19.7 Å². The lowest BCUT2D eigenvalue weighted by Gasteiger charge is -2.26. The number of benzene rings is 2. The highest BCUT2D eigenvalue weighted by molar-refractivity contribution is 6.32. The Morgan fingerprint density at radius 3 is 2.80 bits per heavy atom. The molecule has 0 aliphatic carbocycles. The zero-order valence-electron chi connectivity index (χ0n) is 15.6. The molecule has 0 saturated heterocycles. The van der Waals surface area contributed by atoms with Gasteiger partial charge in [-0.2, -0.15) is 0 Å². The van der Waals surface area contributed by atoms with Gasteiger partial charge in [0.05, 0.1) is 11.5 Å². The van der Waals surface area contributed by atoms with Crippen LogP contribution in [0.3, 0.4) is 0 Å². The zero-order valence-corrected chi connectivity index (χ0v) is 16.3. The lowest BCUT2D eigenvalue weighted by Crippen LogP contribution is -2.42. The molecule has 0 bridgehead atoms. The molecule has 1 aliphatic rings. The van der Waals surface area contributed by atoms with Gasteiger partial charge < -0.3 is 19.5 Å². The number of nitrogens with one attached hydrogen (secondary N) is 1. The van der Waals surface area contributed by atoms with Gasteiger partial charge in [0, 0.05) is 12.1 Å². The molecule has 0 saturated carbocycles. The number of amides is 1. The van der Waals surface area contributed by atoms with Crippen LogP contribution in [-0.4, -0.2) is 42.7 Å². The van der Waals surface area contributed by atoms with E-state index in [-0.39, 0.29) is 30.0 Å². The first-order chi connectivity index (χ1) is 14.4. The zero-order chi connectivity index (χ0) is 21.5. The quantitative estimate of drug-likeness (QED) is 0.309. The molecule has 0 aromatic heterocycles. The minimum absolute atomic E-state index is 0.00719. The number of para-hydroxylation sites is 2. The van der Waals surface area contributed by atoms with Crippen molar-refractivity contribution in [3.63, 3.8) is 0 Å². The number of hydrogen-bond acceptors (Lipinski definition) is 7. The van der Waals surface area contributed by atoms with Crippen molar-refractivity contribution in [1.82, 2.24) is 5.32 Å². The van der Waals surface area contributed by atoms with E-state index < -0.39 is 23.4 Å². The second-order valence-electron chi connectivity index (χ2n) is 6.21. The van der Waals surface area contributed by atoms with E-state index in [0.717, 1.165) is 6.08 Å². The van der Waals surface area contributed by atoms with Crippen molar-refractivity contribution >= 4 is 35.2 Å². The van der Waals surface area contributed by atoms with Gasteiger partial charge in [-0.25, -0.2) is 4.79 Å². The van der Waals surface area contributed by atoms with Gasteiger partial charge in [-0.1, -0.05) is 29.8 Å². The highest BCUT2D eigenvalue weighted by Crippen LogP contribution is 2.30. The first kappa shape index (κ1) is 21.1. The Hall–Kier alpha value is -3.59. The van der Waals surface area contributed by atoms with Gasteiger partial charge in [-0.15, -0.1) is 0 Å². The third kappa shape index (κ3) is 5.71. The number of rotatable bonds is 7. The van der Waals surface area contributed by atoms with Gasteiger partial charge in [0.1, 0.15) is 17.7 Å². The molecule has 1 atom stereocenters. The smallest absolute Gasteiger partial charge is 0.331 e. The molecule has 0 fully saturated rings. The fraction of sp³-hybridized carbons (Fsp3) is 0.200. The number of nitrogens with zero attached hydrogens (tertiary/aromatic N) is 1. The molecule has 1 heterocycles. The van der Waals surface area contributed by atoms with E-state index in [1.807, 2.05) is 12.1 Å². The van der Waals surface area contributed by atoms with Crippen LogP contribution in [-0.2, 0) is 14.3 Å². The van der Waals surface area contributed by atoms with E-state index >= 15 is 0 Å². The lowest BCUT2D eigenvalue weighted by molar-refractivity contribution is -0.384. The summed E-state index contributed by atoms with van der Waals surface area (Å²) >= 11 is 5.73. The second kappa shape index (κ2) is 9.75. The number of fused-ring (bicyclic) bond motifs is 1. The molecule has 10 heteroatoms. The minimum Gasteiger partial charge on any atom is -0.486 e. The van der Waals surface area contributed by atoms with E-state index in [1.165, 1.54) is 24.3 Å². The molecule has 3 rings (SSSR count). The molecule has 30 heavy (non-hydrogen) atoms. The molecule has 1 amide bonds. The molecule has 9 nitrogen and oxygen atoms in total. The van der Waals surface area contributed by atoms with Crippen LogP contribution >= 0.6 is 11.6 Å². The molecule has 1 N–H and O–H groups in total. The van der Waals surface area contributed by atoms with Crippen LogP contribution in [0.1, 0.15) is 5.56 Å². The molecule has 156 valence electrons. The molecular formula is C20H17ClN2O7. The summed E-state index contributed by atoms with van der Waals surface area (Å²) in [7, 11) is 0. The summed E-state index contributed by atoms with van der Waals surface area (Å²) in [5.74, 6) is -0.0240. The summed E-state index contributed by atoms with van der Waals surface area (Å²) in [5.41, 5.74) is 0.116. The average molecular weight is 433 g/mol. The van der Waals surface area contributed by atoms with Crippen molar-refractivity contribution in [2.24, 2.45) is 0 Å². The van der Waals surface area contributed by atoms with Crippen molar-refractivity contribution < 1.29 is 28.7 Å². The average Bonchev–Trinajstić information content (AvgIpc) is 2.75. The summed E-state index contributed by atoms with van der Waals surface area (Å²) in [6.45, 7) is -0.00382. The van der Waals surface area contributed by atoms with Crippen LogP contribution < -0.4 is 14.8 Å².